The summed E-state index contributed by atoms with van der Waals surface area (Å²) in [7, 11) is 0. The lowest BCUT2D eigenvalue weighted by molar-refractivity contribution is -0.145. The highest BCUT2D eigenvalue weighted by Gasteiger charge is 2.37. The van der Waals surface area contributed by atoms with Crippen LogP contribution >= 0.6 is 0 Å². The van der Waals surface area contributed by atoms with Gasteiger partial charge in [0.25, 0.3) is 0 Å². The molecule has 3 unspecified atom stereocenters. The first kappa shape index (κ1) is 15.3. The van der Waals surface area contributed by atoms with E-state index in [4.69, 9.17) is 0 Å². The average molecular weight is 294 g/mol. The molecule has 1 aliphatic rings. The molecule has 116 valence electrons. The van der Waals surface area contributed by atoms with E-state index >= 15 is 0 Å². The highest BCUT2D eigenvalue weighted by Crippen LogP contribution is 2.23. The number of aliphatic carboxylic acids is 1. The summed E-state index contributed by atoms with van der Waals surface area (Å²) >= 11 is 0. The zero-order valence-electron chi connectivity index (χ0n) is 12.4. The normalized spacial score (nSPS) is 23.6. The molecule has 1 fully saturated rings. The van der Waals surface area contributed by atoms with Gasteiger partial charge in [-0.15, -0.1) is 0 Å². The third-order valence-electron chi connectivity index (χ3n) is 3.84. The minimum Gasteiger partial charge on any atom is -0.480 e. The van der Waals surface area contributed by atoms with E-state index in [1.165, 1.54) is 4.90 Å². The number of nitrogens with zero attached hydrogens (tertiary/aromatic N) is 3. The zero-order chi connectivity index (χ0) is 15.4. The molecule has 0 aliphatic carbocycles. The van der Waals surface area contributed by atoms with Crippen LogP contribution in [0.15, 0.2) is 18.5 Å². The molecular formula is C14H22N4O3. The van der Waals surface area contributed by atoms with Crippen molar-refractivity contribution in [1.82, 2.24) is 20.0 Å². The number of aromatic nitrogens is 2. The molecule has 3 atom stereocenters. The molecule has 0 spiro atoms. The molecule has 0 saturated carbocycles. The second kappa shape index (κ2) is 6.60. The molecule has 7 nitrogen and oxygen atoms in total. The molecule has 0 aromatic carbocycles. The van der Waals surface area contributed by atoms with E-state index in [0.29, 0.717) is 13.1 Å². The summed E-state index contributed by atoms with van der Waals surface area (Å²) in [6.07, 6.45) is 5.18. The number of hydrogen-bond donors (Lipinski definition) is 2. The molecule has 2 rings (SSSR count). The zero-order valence-corrected chi connectivity index (χ0v) is 12.4. The van der Waals surface area contributed by atoms with Gasteiger partial charge in [0.2, 0.25) is 0 Å². The lowest BCUT2D eigenvalue weighted by atomic mass is 9.91. The van der Waals surface area contributed by atoms with Gasteiger partial charge in [-0.3, -0.25) is 4.68 Å². The third-order valence-corrected chi connectivity index (χ3v) is 3.84. The molecule has 0 radical (unpaired) electrons. The van der Waals surface area contributed by atoms with Crippen LogP contribution in [0.1, 0.15) is 26.7 Å². The Kier molecular flexibility index (Phi) is 4.82. The lowest BCUT2D eigenvalue weighted by Gasteiger charge is -2.37. The van der Waals surface area contributed by atoms with Crippen LogP contribution in [0.4, 0.5) is 4.79 Å². The topological polar surface area (TPSA) is 87.5 Å². The van der Waals surface area contributed by atoms with Crippen molar-refractivity contribution in [2.45, 2.75) is 45.3 Å². The quantitative estimate of drug-likeness (QED) is 0.872. The van der Waals surface area contributed by atoms with Crippen LogP contribution in [-0.2, 0) is 11.3 Å². The van der Waals surface area contributed by atoms with E-state index < -0.39 is 12.0 Å². The van der Waals surface area contributed by atoms with E-state index in [1.54, 1.807) is 10.9 Å². The molecule has 1 aromatic heterocycles. The number of carbonyl (C=O) groups excluding carboxylic acids is 1. The van der Waals surface area contributed by atoms with Gasteiger partial charge >= 0.3 is 12.0 Å². The van der Waals surface area contributed by atoms with Crippen molar-refractivity contribution in [3.8, 4) is 0 Å². The van der Waals surface area contributed by atoms with Gasteiger partial charge in [0.15, 0.2) is 0 Å². The standard InChI is InChI=1S/C14H22N4O3/c1-10-5-3-8-18(12(10)13(19)20)14(21)16-11(2)9-17-7-4-6-15-17/h4,6-7,10-12H,3,5,8-9H2,1-2H3,(H,16,21)(H,19,20). The Morgan fingerprint density at radius 1 is 1.52 bits per heavy atom. The molecule has 1 saturated heterocycles. The Balaban J connectivity index is 1.96. The Labute approximate surface area is 123 Å². The molecule has 0 bridgehead atoms. The number of carbonyl (C=O) groups is 2. The minimum atomic E-state index is -0.933. The number of nitrogens with one attached hydrogen (secondary N) is 1. The van der Waals surface area contributed by atoms with Gasteiger partial charge < -0.3 is 15.3 Å². The van der Waals surface area contributed by atoms with Gasteiger partial charge in [-0.05, 0) is 31.7 Å². The summed E-state index contributed by atoms with van der Waals surface area (Å²) in [5.41, 5.74) is 0. The molecule has 2 heterocycles. The molecule has 7 heteroatoms. The van der Waals surface area contributed by atoms with Crippen LogP contribution in [0.2, 0.25) is 0 Å². The fraction of sp³-hybridized carbons (Fsp3) is 0.643. The van der Waals surface area contributed by atoms with Crippen molar-refractivity contribution in [2.75, 3.05) is 6.54 Å². The van der Waals surface area contributed by atoms with E-state index in [-0.39, 0.29) is 18.0 Å². The number of carboxylic acid groups (broad SMARTS) is 1. The van der Waals surface area contributed by atoms with Crippen LogP contribution in [0.5, 0.6) is 0 Å². The maximum atomic E-state index is 12.3. The van der Waals surface area contributed by atoms with Gasteiger partial charge in [0.1, 0.15) is 6.04 Å². The number of carboxylic acids is 1. The maximum absolute atomic E-state index is 12.3. The summed E-state index contributed by atoms with van der Waals surface area (Å²) in [5, 5.41) is 16.3. The minimum absolute atomic E-state index is 0.0246. The van der Waals surface area contributed by atoms with Crippen LogP contribution < -0.4 is 5.32 Å². The van der Waals surface area contributed by atoms with Crippen molar-refractivity contribution < 1.29 is 14.7 Å². The summed E-state index contributed by atoms with van der Waals surface area (Å²) in [4.78, 5) is 25.1. The molecule has 21 heavy (non-hydrogen) atoms. The van der Waals surface area contributed by atoms with Crippen molar-refractivity contribution in [1.29, 1.82) is 0 Å². The first-order chi connectivity index (χ1) is 9.99. The van der Waals surface area contributed by atoms with Crippen molar-refractivity contribution >= 4 is 12.0 Å². The van der Waals surface area contributed by atoms with Crippen molar-refractivity contribution in [3.05, 3.63) is 18.5 Å². The predicted molar refractivity (Wildman–Crippen MR) is 76.7 cm³/mol. The van der Waals surface area contributed by atoms with Gasteiger partial charge in [-0.25, -0.2) is 9.59 Å². The largest absolute Gasteiger partial charge is 0.480 e. The average Bonchev–Trinajstić information content (AvgIpc) is 2.90. The molecular weight excluding hydrogens is 272 g/mol. The first-order valence-electron chi connectivity index (χ1n) is 7.26. The molecule has 2 amide bonds. The summed E-state index contributed by atoms with van der Waals surface area (Å²) < 4.78 is 1.73. The van der Waals surface area contributed by atoms with Gasteiger partial charge in [-0.1, -0.05) is 6.92 Å². The lowest BCUT2D eigenvalue weighted by Crippen LogP contribution is -2.56. The van der Waals surface area contributed by atoms with E-state index in [1.807, 2.05) is 26.1 Å². The Bertz CT molecular complexity index is 488. The van der Waals surface area contributed by atoms with Crippen molar-refractivity contribution in [3.63, 3.8) is 0 Å². The number of rotatable bonds is 4. The van der Waals surface area contributed by atoms with Gasteiger partial charge in [0, 0.05) is 25.0 Å². The second-order valence-corrected chi connectivity index (χ2v) is 5.67. The monoisotopic (exact) mass is 294 g/mol. The summed E-state index contributed by atoms with van der Waals surface area (Å²) in [5.74, 6) is -0.958. The van der Waals surface area contributed by atoms with E-state index in [2.05, 4.69) is 10.4 Å². The fourth-order valence-corrected chi connectivity index (χ4v) is 2.82. The molecule has 2 N–H and O–H groups in total. The Morgan fingerprint density at radius 3 is 2.90 bits per heavy atom. The van der Waals surface area contributed by atoms with Crippen LogP contribution in [0, 0.1) is 5.92 Å². The number of piperidine rings is 1. The smallest absolute Gasteiger partial charge is 0.326 e. The highest BCUT2D eigenvalue weighted by atomic mass is 16.4. The molecule has 1 aromatic rings. The predicted octanol–water partition coefficient (Wildman–Crippen LogP) is 1.17. The van der Waals surface area contributed by atoms with Gasteiger partial charge in [0.05, 0.1) is 6.54 Å². The fourth-order valence-electron chi connectivity index (χ4n) is 2.82. The Hall–Kier alpha value is -2.05. The van der Waals surface area contributed by atoms with Crippen LogP contribution in [0.25, 0.3) is 0 Å². The van der Waals surface area contributed by atoms with Crippen molar-refractivity contribution in [2.24, 2.45) is 5.92 Å². The first-order valence-corrected chi connectivity index (χ1v) is 7.26. The Morgan fingerprint density at radius 2 is 2.29 bits per heavy atom. The highest BCUT2D eigenvalue weighted by molar-refractivity contribution is 5.83. The number of amides is 2. The third kappa shape index (κ3) is 3.74. The van der Waals surface area contributed by atoms with E-state index in [9.17, 15) is 14.7 Å². The molecule has 1 aliphatic heterocycles. The maximum Gasteiger partial charge on any atom is 0.326 e. The number of hydrogen-bond acceptors (Lipinski definition) is 3. The van der Waals surface area contributed by atoms with Gasteiger partial charge in [-0.2, -0.15) is 5.10 Å². The van der Waals surface area contributed by atoms with E-state index in [0.717, 1.165) is 12.8 Å². The van der Waals surface area contributed by atoms with Crippen LogP contribution in [-0.4, -0.2) is 50.4 Å². The van der Waals surface area contributed by atoms with Crippen LogP contribution in [0.3, 0.4) is 0 Å². The second-order valence-electron chi connectivity index (χ2n) is 5.67. The number of likely N-dealkylation sites (tertiary alicyclic amines) is 1. The summed E-state index contributed by atoms with van der Waals surface area (Å²) in [6.45, 7) is 4.80. The number of urea groups is 1. The SMILES string of the molecule is CC(Cn1cccn1)NC(=O)N1CCCC(C)C1C(=O)O. The summed E-state index contributed by atoms with van der Waals surface area (Å²) in [6, 6.07) is 0.648.